The van der Waals surface area contributed by atoms with Crippen molar-refractivity contribution in [3.63, 3.8) is 0 Å². The van der Waals surface area contributed by atoms with E-state index < -0.39 is 11.9 Å². The first-order chi connectivity index (χ1) is 12.8. The van der Waals surface area contributed by atoms with Crippen molar-refractivity contribution >= 4 is 79.6 Å². The van der Waals surface area contributed by atoms with E-state index in [9.17, 15) is 9.59 Å². The molecule has 1 aromatic carbocycles. The van der Waals surface area contributed by atoms with E-state index in [2.05, 4.69) is 4.99 Å². The number of rotatable bonds is 4. The van der Waals surface area contributed by atoms with Gasteiger partial charge < -0.3 is 9.30 Å². The molecule has 0 unspecified atom stereocenters. The Bertz CT molecular complexity index is 1110. The SMILES string of the molecule is CCOC(=O)Cn1c(=NC(=O)c2cc(Cl)sc2Cl)sc2ccc(Cl)c(C)c21. The van der Waals surface area contributed by atoms with Gasteiger partial charge in [-0.05, 0) is 37.6 Å². The summed E-state index contributed by atoms with van der Waals surface area (Å²) < 4.78 is 8.21. The molecule has 5 nitrogen and oxygen atoms in total. The Morgan fingerprint density at radius 3 is 2.59 bits per heavy atom. The molecule has 2 aromatic heterocycles. The third-order valence-corrected chi connectivity index (χ3v) is 6.65. The predicted molar refractivity (Wildman–Crippen MR) is 110 cm³/mol. The van der Waals surface area contributed by atoms with Crippen LogP contribution in [0.1, 0.15) is 22.8 Å². The number of aromatic nitrogens is 1. The van der Waals surface area contributed by atoms with Gasteiger partial charge >= 0.3 is 5.97 Å². The number of benzene rings is 1. The maximum absolute atomic E-state index is 12.6. The predicted octanol–water partition coefficient (Wildman–Crippen LogP) is 5.34. The maximum atomic E-state index is 12.6. The van der Waals surface area contributed by atoms with Gasteiger partial charge in [0.25, 0.3) is 5.91 Å². The Morgan fingerprint density at radius 1 is 1.22 bits per heavy atom. The normalized spacial score (nSPS) is 12.0. The Labute approximate surface area is 177 Å². The summed E-state index contributed by atoms with van der Waals surface area (Å²) in [4.78, 5) is 29.2. The van der Waals surface area contributed by atoms with Crippen molar-refractivity contribution in [3.05, 3.63) is 47.8 Å². The van der Waals surface area contributed by atoms with Gasteiger partial charge in [0, 0.05) is 5.02 Å². The van der Waals surface area contributed by atoms with E-state index in [0.29, 0.717) is 14.2 Å². The standard InChI is InChI=1S/C17H13Cl3N2O3S2/c1-3-25-13(23)7-22-14-8(2)10(18)4-5-11(14)26-17(22)21-16(24)9-6-12(19)27-15(9)20/h4-6H,3,7H2,1-2H3. The highest BCUT2D eigenvalue weighted by Crippen LogP contribution is 2.32. The molecule has 0 saturated heterocycles. The lowest BCUT2D eigenvalue weighted by Gasteiger charge is -2.07. The molecule has 0 aliphatic heterocycles. The van der Waals surface area contributed by atoms with Crippen molar-refractivity contribution in [1.82, 2.24) is 4.57 Å². The highest BCUT2D eigenvalue weighted by atomic mass is 35.5. The number of carbonyl (C=O) groups is 2. The molecule has 27 heavy (non-hydrogen) atoms. The third kappa shape index (κ3) is 4.22. The number of aryl methyl sites for hydroxylation is 1. The zero-order valence-electron chi connectivity index (χ0n) is 14.2. The molecule has 3 aromatic rings. The summed E-state index contributed by atoms with van der Waals surface area (Å²) in [7, 11) is 0. The van der Waals surface area contributed by atoms with Crippen molar-refractivity contribution in [1.29, 1.82) is 0 Å². The number of esters is 1. The molecule has 0 spiro atoms. The highest BCUT2D eigenvalue weighted by molar-refractivity contribution is 7.20. The summed E-state index contributed by atoms with van der Waals surface area (Å²) in [5.41, 5.74) is 1.75. The molecule has 0 N–H and O–H groups in total. The monoisotopic (exact) mass is 462 g/mol. The fourth-order valence-corrected chi connectivity index (χ4v) is 5.20. The van der Waals surface area contributed by atoms with Crippen LogP contribution in [0, 0.1) is 6.92 Å². The largest absolute Gasteiger partial charge is 0.465 e. The number of thiophene rings is 1. The van der Waals surface area contributed by atoms with Crippen LogP contribution in [0.5, 0.6) is 0 Å². The number of ether oxygens (including phenoxy) is 1. The second-order valence-corrected chi connectivity index (χ2v) is 9.15. The van der Waals surface area contributed by atoms with Crippen LogP contribution in [0.3, 0.4) is 0 Å². The van der Waals surface area contributed by atoms with Crippen LogP contribution >= 0.6 is 57.5 Å². The first-order valence-corrected chi connectivity index (χ1v) is 10.6. The zero-order valence-corrected chi connectivity index (χ0v) is 18.1. The number of fused-ring (bicyclic) bond motifs is 1. The van der Waals surface area contributed by atoms with E-state index >= 15 is 0 Å². The van der Waals surface area contributed by atoms with Crippen molar-refractivity contribution in [2.45, 2.75) is 20.4 Å². The van der Waals surface area contributed by atoms with Gasteiger partial charge in [0.1, 0.15) is 10.9 Å². The number of halogens is 3. The van der Waals surface area contributed by atoms with Gasteiger partial charge in [-0.3, -0.25) is 9.59 Å². The summed E-state index contributed by atoms with van der Waals surface area (Å²) in [6.07, 6.45) is 0. The minimum atomic E-state index is -0.531. The smallest absolute Gasteiger partial charge is 0.326 e. The number of amides is 1. The first kappa shape index (κ1) is 20.4. The average Bonchev–Trinajstić information content (AvgIpc) is 3.11. The molecule has 1 amide bonds. The lowest BCUT2D eigenvalue weighted by atomic mass is 10.2. The van der Waals surface area contributed by atoms with E-state index in [-0.39, 0.29) is 23.1 Å². The van der Waals surface area contributed by atoms with Crippen molar-refractivity contribution in [2.75, 3.05) is 6.61 Å². The summed E-state index contributed by atoms with van der Waals surface area (Å²) >= 11 is 20.6. The summed E-state index contributed by atoms with van der Waals surface area (Å²) in [6, 6.07) is 5.08. The Morgan fingerprint density at radius 2 is 1.96 bits per heavy atom. The first-order valence-electron chi connectivity index (χ1n) is 7.79. The molecule has 3 rings (SSSR count). The molecule has 2 heterocycles. The van der Waals surface area contributed by atoms with Gasteiger partial charge in [0.15, 0.2) is 4.80 Å². The molecule has 0 bridgehead atoms. The van der Waals surface area contributed by atoms with E-state index in [4.69, 9.17) is 39.5 Å². The molecule has 10 heteroatoms. The van der Waals surface area contributed by atoms with Crippen molar-refractivity contribution in [3.8, 4) is 0 Å². The van der Waals surface area contributed by atoms with Crippen LogP contribution in [0.2, 0.25) is 13.7 Å². The van der Waals surface area contributed by atoms with Crippen LogP contribution in [0.25, 0.3) is 10.2 Å². The Kier molecular flexibility index (Phi) is 6.28. The molecule has 142 valence electrons. The van der Waals surface area contributed by atoms with E-state index in [1.807, 2.05) is 13.0 Å². The van der Waals surface area contributed by atoms with Crippen molar-refractivity contribution in [2.24, 2.45) is 4.99 Å². The van der Waals surface area contributed by atoms with E-state index in [1.165, 1.54) is 17.4 Å². The lowest BCUT2D eigenvalue weighted by Crippen LogP contribution is -2.23. The summed E-state index contributed by atoms with van der Waals surface area (Å²) in [6.45, 7) is 3.75. The average molecular weight is 464 g/mol. The van der Waals surface area contributed by atoms with Crippen LogP contribution in [0.15, 0.2) is 23.2 Å². The van der Waals surface area contributed by atoms with Gasteiger partial charge in [-0.2, -0.15) is 4.99 Å². The molecule has 0 aliphatic rings. The topological polar surface area (TPSA) is 60.7 Å². The maximum Gasteiger partial charge on any atom is 0.326 e. The van der Waals surface area contributed by atoms with Gasteiger partial charge in [-0.15, -0.1) is 11.3 Å². The number of nitrogens with zero attached hydrogens (tertiary/aromatic N) is 2. The molecule has 0 aliphatic carbocycles. The van der Waals surface area contributed by atoms with Crippen LogP contribution in [0.4, 0.5) is 0 Å². The van der Waals surface area contributed by atoms with Crippen LogP contribution in [-0.2, 0) is 16.1 Å². The number of hydrogen-bond acceptors (Lipinski definition) is 5. The molecular weight excluding hydrogens is 451 g/mol. The Balaban J connectivity index is 2.19. The molecule has 0 radical (unpaired) electrons. The quantitative estimate of drug-likeness (QED) is 0.491. The van der Waals surface area contributed by atoms with Gasteiger partial charge in [-0.25, -0.2) is 0 Å². The van der Waals surface area contributed by atoms with Crippen LogP contribution < -0.4 is 4.80 Å². The Hall–Kier alpha value is -1.38. The second-order valence-electron chi connectivity index (χ2n) is 5.45. The highest BCUT2D eigenvalue weighted by Gasteiger charge is 2.18. The van der Waals surface area contributed by atoms with E-state index in [1.54, 1.807) is 17.6 Å². The fourth-order valence-electron chi connectivity index (χ4n) is 2.52. The summed E-state index contributed by atoms with van der Waals surface area (Å²) in [5, 5.41) is 0.559. The van der Waals surface area contributed by atoms with Crippen LogP contribution in [-0.4, -0.2) is 23.1 Å². The number of carbonyl (C=O) groups excluding carboxylic acids is 2. The summed E-state index contributed by atoms with van der Waals surface area (Å²) in [5.74, 6) is -0.960. The van der Waals surface area contributed by atoms with Gasteiger partial charge in [0.2, 0.25) is 0 Å². The molecule has 0 saturated carbocycles. The van der Waals surface area contributed by atoms with Gasteiger partial charge in [0.05, 0.1) is 26.7 Å². The fraction of sp³-hybridized carbons (Fsp3) is 0.235. The minimum absolute atomic E-state index is 0.0841. The second kappa shape index (κ2) is 8.32. The third-order valence-electron chi connectivity index (χ3n) is 3.71. The molecular formula is C17H13Cl3N2O3S2. The van der Waals surface area contributed by atoms with E-state index in [0.717, 1.165) is 27.1 Å². The number of thiazole rings is 1. The minimum Gasteiger partial charge on any atom is -0.465 e. The lowest BCUT2D eigenvalue weighted by molar-refractivity contribution is -0.143. The zero-order chi connectivity index (χ0) is 19.7. The molecule has 0 fully saturated rings. The molecule has 0 atom stereocenters. The van der Waals surface area contributed by atoms with Crippen molar-refractivity contribution < 1.29 is 14.3 Å². The number of hydrogen-bond donors (Lipinski definition) is 0. The van der Waals surface area contributed by atoms with Gasteiger partial charge in [-0.1, -0.05) is 46.1 Å².